The lowest BCUT2D eigenvalue weighted by Crippen LogP contribution is -2.45. The fourth-order valence-electron chi connectivity index (χ4n) is 3.60. The zero-order chi connectivity index (χ0) is 17.5. The Morgan fingerprint density at radius 1 is 1.29 bits per heavy atom. The number of amides is 1. The molecule has 0 saturated carbocycles. The van der Waals surface area contributed by atoms with Gasteiger partial charge in [-0.15, -0.1) is 0 Å². The van der Waals surface area contributed by atoms with Gasteiger partial charge in [0.25, 0.3) is 0 Å². The first-order chi connectivity index (χ1) is 11.3. The Morgan fingerprint density at radius 2 is 2.04 bits per heavy atom. The summed E-state index contributed by atoms with van der Waals surface area (Å²) in [4.78, 5) is 14.4. The highest BCUT2D eigenvalue weighted by Gasteiger charge is 2.42. The lowest BCUT2D eigenvalue weighted by atomic mass is 9.94. The van der Waals surface area contributed by atoms with Crippen molar-refractivity contribution in [1.82, 2.24) is 4.90 Å². The minimum atomic E-state index is -0.480. The zero-order valence-corrected chi connectivity index (χ0v) is 15.4. The minimum absolute atomic E-state index is 0.0644. The molecule has 2 heterocycles. The van der Waals surface area contributed by atoms with E-state index in [4.69, 9.17) is 21.1 Å². The molecule has 1 amide bonds. The maximum absolute atomic E-state index is 12.5. The molecule has 1 saturated heterocycles. The number of carbonyl (C=O) groups excluding carboxylic acids is 1. The van der Waals surface area contributed by atoms with Crippen LogP contribution in [0.5, 0.6) is 5.75 Å². The number of ether oxygens (including phenoxy) is 2. The van der Waals surface area contributed by atoms with Gasteiger partial charge in [0, 0.05) is 11.6 Å². The number of hydrogen-bond acceptors (Lipinski definition) is 3. The fourth-order valence-corrected chi connectivity index (χ4v) is 3.89. The predicted octanol–water partition coefficient (Wildman–Crippen LogP) is 4.90. The van der Waals surface area contributed by atoms with E-state index in [0.29, 0.717) is 5.02 Å². The van der Waals surface area contributed by atoms with E-state index < -0.39 is 5.60 Å². The molecule has 2 atom stereocenters. The zero-order valence-electron chi connectivity index (χ0n) is 14.6. The Hall–Kier alpha value is -1.68. The van der Waals surface area contributed by atoms with E-state index in [0.717, 1.165) is 36.1 Å². The van der Waals surface area contributed by atoms with Crippen LogP contribution in [0.3, 0.4) is 0 Å². The molecule has 1 aromatic carbocycles. The van der Waals surface area contributed by atoms with Crippen LogP contribution >= 0.6 is 11.6 Å². The van der Waals surface area contributed by atoms with Crippen LogP contribution in [0.2, 0.25) is 5.02 Å². The van der Waals surface area contributed by atoms with Gasteiger partial charge in [-0.25, -0.2) is 4.79 Å². The van der Waals surface area contributed by atoms with Crippen molar-refractivity contribution in [3.05, 3.63) is 34.9 Å². The third-order valence-electron chi connectivity index (χ3n) is 4.52. The van der Waals surface area contributed by atoms with E-state index >= 15 is 0 Å². The smallest absolute Gasteiger partial charge is 0.411 e. The molecule has 2 bridgehead atoms. The van der Waals surface area contributed by atoms with Crippen molar-refractivity contribution in [2.45, 2.75) is 57.7 Å². The Labute approximate surface area is 148 Å². The minimum Gasteiger partial charge on any atom is -0.496 e. The Balaban J connectivity index is 1.89. The molecule has 1 aromatic rings. The SMILES string of the molecule is COc1cccc(Cl)c1C1=CC2CCC(C1)N2C(=O)OC(C)(C)C. The first-order valence-corrected chi connectivity index (χ1v) is 8.73. The Morgan fingerprint density at radius 3 is 2.67 bits per heavy atom. The van der Waals surface area contributed by atoms with E-state index in [1.165, 1.54) is 0 Å². The third kappa shape index (κ3) is 3.25. The number of methoxy groups -OCH3 is 1. The fraction of sp³-hybridized carbons (Fsp3) is 0.526. The van der Waals surface area contributed by atoms with Crippen molar-refractivity contribution in [3.8, 4) is 5.75 Å². The van der Waals surface area contributed by atoms with Crippen LogP contribution in [-0.2, 0) is 4.74 Å². The van der Waals surface area contributed by atoms with Crippen molar-refractivity contribution in [2.75, 3.05) is 7.11 Å². The molecule has 0 N–H and O–H groups in total. The van der Waals surface area contributed by atoms with Crippen LogP contribution in [0.4, 0.5) is 4.79 Å². The van der Waals surface area contributed by atoms with Crippen molar-refractivity contribution in [2.24, 2.45) is 0 Å². The normalized spacial score (nSPS) is 23.0. The van der Waals surface area contributed by atoms with E-state index in [9.17, 15) is 4.79 Å². The van der Waals surface area contributed by atoms with Gasteiger partial charge in [0.1, 0.15) is 11.4 Å². The number of nitrogens with zero attached hydrogens (tertiary/aromatic N) is 1. The molecule has 24 heavy (non-hydrogen) atoms. The Kier molecular flexibility index (Phi) is 4.52. The first kappa shape index (κ1) is 17.2. The average molecular weight is 350 g/mol. The quantitative estimate of drug-likeness (QED) is 0.762. The van der Waals surface area contributed by atoms with Gasteiger partial charge in [0.2, 0.25) is 0 Å². The maximum atomic E-state index is 12.5. The molecule has 2 unspecified atom stereocenters. The second-order valence-electron chi connectivity index (χ2n) is 7.40. The molecule has 1 fully saturated rings. The van der Waals surface area contributed by atoms with Gasteiger partial charge in [-0.05, 0) is 57.7 Å². The topological polar surface area (TPSA) is 38.8 Å². The third-order valence-corrected chi connectivity index (χ3v) is 4.83. The number of benzene rings is 1. The van der Waals surface area contributed by atoms with Gasteiger partial charge in [0.05, 0.1) is 18.2 Å². The van der Waals surface area contributed by atoms with Crippen LogP contribution in [0.25, 0.3) is 5.57 Å². The highest BCUT2D eigenvalue weighted by atomic mass is 35.5. The number of hydrogen-bond donors (Lipinski definition) is 0. The molecular formula is C19H24ClNO3. The summed E-state index contributed by atoms with van der Waals surface area (Å²) in [7, 11) is 1.65. The van der Waals surface area contributed by atoms with Crippen molar-refractivity contribution < 1.29 is 14.3 Å². The summed E-state index contributed by atoms with van der Waals surface area (Å²) in [6.07, 6.45) is 4.64. The summed E-state index contributed by atoms with van der Waals surface area (Å²) in [5.41, 5.74) is 1.62. The summed E-state index contributed by atoms with van der Waals surface area (Å²) in [5.74, 6) is 0.777. The van der Waals surface area contributed by atoms with Gasteiger partial charge < -0.3 is 9.47 Å². The van der Waals surface area contributed by atoms with Crippen LogP contribution in [0.15, 0.2) is 24.3 Å². The highest BCUT2D eigenvalue weighted by molar-refractivity contribution is 6.32. The molecule has 0 radical (unpaired) electrons. The van der Waals surface area contributed by atoms with Gasteiger partial charge >= 0.3 is 6.09 Å². The molecule has 2 aliphatic rings. The molecular weight excluding hydrogens is 326 g/mol. The molecule has 2 aliphatic heterocycles. The highest BCUT2D eigenvalue weighted by Crippen LogP contribution is 2.43. The summed E-state index contributed by atoms with van der Waals surface area (Å²) < 4.78 is 11.1. The van der Waals surface area contributed by atoms with Crippen molar-refractivity contribution >= 4 is 23.3 Å². The van der Waals surface area contributed by atoms with Crippen molar-refractivity contribution in [3.63, 3.8) is 0 Å². The molecule has 0 aromatic heterocycles. The van der Waals surface area contributed by atoms with E-state index in [2.05, 4.69) is 6.08 Å². The summed E-state index contributed by atoms with van der Waals surface area (Å²) >= 11 is 6.42. The summed E-state index contributed by atoms with van der Waals surface area (Å²) in [6.45, 7) is 5.69. The second kappa shape index (κ2) is 6.32. The molecule has 5 heteroatoms. The van der Waals surface area contributed by atoms with E-state index in [-0.39, 0.29) is 18.2 Å². The van der Waals surface area contributed by atoms with Gasteiger partial charge in [0.15, 0.2) is 0 Å². The van der Waals surface area contributed by atoms with Crippen LogP contribution < -0.4 is 4.74 Å². The average Bonchev–Trinajstić information content (AvgIpc) is 2.76. The van der Waals surface area contributed by atoms with E-state index in [1.54, 1.807) is 7.11 Å². The Bertz CT molecular complexity index is 678. The molecule has 130 valence electrons. The van der Waals surface area contributed by atoms with Crippen LogP contribution in [0.1, 0.15) is 45.6 Å². The van der Waals surface area contributed by atoms with Crippen molar-refractivity contribution in [1.29, 1.82) is 0 Å². The second-order valence-corrected chi connectivity index (χ2v) is 7.81. The van der Waals surface area contributed by atoms with E-state index in [1.807, 2.05) is 43.9 Å². The molecule has 4 nitrogen and oxygen atoms in total. The molecule has 3 rings (SSSR count). The summed E-state index contributed by atoms with van der Waals surface area (Å²) in [5, 5.41) is 0.686. The van der Waals surface area contributed by atoms with Gasteiger partial charge in [-0.2, -0.15) is 0 Å². The van der Waals surface area contributed by atoms with Gasteiger partial charge in [-0.1, -0.05) is 23.7 Å². The number of rotatable bonds is 2. The number of fused-ring (bicyclic) bond motifs is 2. The number of carbonyl (C=O) groups is 1. The summed E-state index contributed by atoms with van der Waals surface area (Å²) in [6, 6.07) is 5.91. The van der Waals surface area contributed by atoms with Gasteiger partial charge in [-0.3, -0.25) is 4.90 Å². The first-order valence-electron chi connectivity index (χ1n) is 8.35. The molecule has 0 aliphatic carbocycles. The predicted molar refractivity (Wildman–Crippen MR) is 95.5 cm³/mol. The lowest BCUT2D eigenvalue weighted by Gasteiger charge is -2.35. The molecule has 0 spiro atoms. The maximum Gasteiger partial charge on any atom is 0.411 e. The largest absolute Gasteiger partial charge is 0.496 e. The standard InChI is InChI=1S/C19H24ClNO3/c1-19(2,3)24-18(22)21-13-8-9-14(21)11-12(10-13)17-15(20)6-5-7-16(17)23-4/h5-7,10,13-14H,8-9,11H2,1-4H3. The number of halogens is 1. The lowest BCUT2D eigenvalue weighted by molar-refractivity contribution is 0.0175. The van der Waals surface area contributed by atoms with Crippen LogP contribution in [0, 0.1) is 0 Å². The monoisotopic (exact) mass is 349 g/mol. The van der Waals surface area contributed by atoms with Crippen LogP contribution in [-0.4, -0.2) is 35.8 Å².